The first-order valence-corrected chi connectivity index (χ1v) is 8.16. The van der Waals surface area contributed by atoms with Crippen molar-refractivity contribution in [3.63, 3.8) is 0 Å². The van der Waals surface area contributed by atoms with E-state index in [9.17, 15) is 4.79 Å². The highest BCUT2D eigenvalue weighted by Crippen LogP contribution is 2.22. The molecule has 0 saturated carbocycles. The summed E-state index contributed by atoms with van der Waals surface area (Å²) in [6.45, 7) is 6.14. The van der Waals surface area contributed by atoms with E-state index in [0.717, 1.165) is 22.6 Å². The molecule has 0 aliphatic heterocycles. The molecule has 1 heterocycles. The van der Waals surface area contributed by atoms with Gasteiger partial charge in [0.05, 0.1) is 12.3 Å². The molecule has 0 spiro atoms. The third-order valence-corrected chi connectivity index (χ3v) is 4.71. The first-order chi connectivity index (χ1) is 10.9. The molecule has 1 N–H and O–H groups in total. The summed E-state index contributed by atoms with van der Waals surface area (Å²) < 4.78 is 3.39. The van der Waals surface area contributed by atoms with Gasteiger partial charge in [0.15, 0.2) is 0 Å². The number of carbonyl (C=O) groups is 1. The number of benzene rings is 1. The van der Waals surface area contributed by atoms with Gasteiger partial charge in [-0.3, -0.25) is 4.79 Å². The van der Waals surface area contributed by atoms with Gasteiger partial charge in [-0.15, -0.1) is 0 Å². The van der Waals surface area contributed by atoms with Crippen LogP contribution in [0, 0.1) is 35.7 Å². The quantitative estimate of drug-likeness (QED) is 0.468. The van der Waals surface area contributed by atoms with E-state index in [0.29, 0.717) is 0 Å². The Morgan fingerprint density at radius 1 is 1.39 bits per heavy atom. The molecular weight excluding hydrogens is 403 g/mol. The smallest absolute Gasteiger partial charge is 0.254 e. The number of hydrogen-bond donors (Lipinski definition) is 1. The topological polar surface area (TPSA) is 70.2 Å². The van der Waals surface area contributed by atoms with Crippen molar-refractivity contribution in [1.29, 1.82) is 5.26 Å². The van der Waals surface area contributed by atoms with Crippen molar-refractivity contribution in [3.8, 4) is 11.8 Å². The fourth-order valence-corrected chi connectivity index (χ4v) is 2.70. The van der Waals surface area contributed by atoms with Crippen LogP contribution >= 0.6 is 22.6 Å². The van der Waals surface area contributed by atoms with Gasteiger partial charge >= 0.3 is 0 Å². The highest BCUT2D eigenvalue weighted by atomic mass is 127. The molecule has 2 aromatic rings. The molecule has 0 atom stereocenters. The minimum Gasteiger partial charge on any atom is -0.318 e. The summed E-state index contributed by atoms with van der Waals surface area (Å²) in [5, 5.41) is 12.3. The van der Waals surface area contributed by atoms with Crippen molar-refractivity contribution in [2.75, 3.05) is 0 Å². The summed E-state index contributed by atoms with van der Waals surface area (Å²) >= 11 is 2.32. The second kappa shape index (κ2) is 7.42. The minimum absolute atomic E-state index is 0.196. The molecule has 0 fully saturated rings. The zero-order valence-corrected chi connectivity index (χ0v) is 15.4. The van der Waals surface area contributed by atoms with Crippen molar-refractivity contribution >= 4 is 34.7 Å². The van der Waals surface area contributed by atoms with Crippen LogP contribution in [0.3, 0.4) is 0 Å². The molecule has 0 aliphatic carbocycles. The van der Waals surface area contributed by atoms with Gasteiger partial charge in [-0.05, 0) is 73.2 Å². The molecule has 6 heteroatoms. The van der Waals surface area contributed by atoms with Gasteiger partial charge in [0, 0.05) is 26.2 Å². The van der Waals surface area contributed by atoms with Gasteiger partial charge in [0.1, 0.15) is 6.42 Å². The zero-order chi connectivity index (χ0) is 17.0. The molecule has 0 bridgehead atoms. The van der Waals surface area contributed by atoms with Crippen molar-refractivity contribution in [3.05, 3.63) is 50.4 Å². The number of aryl methyl sites for hydroxylation is 2. The van der Waals surface area contributed by atoms with Crippen LogP contribution < -0.4 is 5.43 Å². The van der Waals surface area contributed by atoms with E-state index >= 15 is 0 Å². The van der Waals surface area contributed by atoms with Crippen LogP contribution in [0.4, 0.5) is 0 Å². The number of aromatic nitrogens is 1. The Morgan fingerprint density at radius 3 is 2.78 bits per heavy atom. The largest absolute Gasteiger partial charge is 0.318 e. The average molecular weight is 420 g/mol. The summed E-state index contributed by atoms with van der Waals surface area (Å²) in [6.07, 6.45) is 1.41. The molecule has 0 unspecified atom stereocenters. The first-order valence-electron chi connectivity index (χ1n) is 7.08. The molecule has 0 aliphatic rings. The van der Waals surface area contributed by atoms with Gasteiger partial charge in [0.25, 0.3) is 5.91 Å². The summed E-state index contributed by atoms with van der Waals surface area (Å²) in [5.41, 5.74) is 7.74. The van der Waals surface area contributed by atoms with E-state index < -0.39 is 5.91 Å². The van der Waals surface area contributed by atoms with Gasteiger partial charge in [-0.25, -0.2) is 5.43 Å². The summed E-state index contributed by atoms with van der Waals surface area (Å²) in [7, 11) is 0. The highest BCUT2D eigenvalue weighted by molar-refractivity contribution is 14.1. The Balaban J connectivity index is 2.29. The Labute approximate surface area is 149 Å². The maximum Gasteiger partial charge on any atom is 0.254 e. The number of nitriles is 1. The van der Waals surface area contributed by atoms with E-state index in [2.05, 4.69) is 62.8 Å². The fraction of sp³-hybridized carbons (Fsp3) is 0.235. The minimum atomic E-state index is -0.411. The maximum atomic E-state index is 11.2. The van der Waals surface area contributed by atoms with E-state index in [1.807, 2.05) is 19.9 Å². The van der Waals surface area contributed by atoms with E-state index in [4.69, 9.17) is 5.26 Å². The SMILES string of the molecule is Cc1cc(-n2c(C)cc(C=NNC(=O)CC#N)c2C)ccc1I. The van der Waals surface area contributed by atoms with Crippen LogP contribution in [0.15, 0.2) is 29.4 Å². The third-order valence-electron chi connectivity index (χ3n) is 3.50. The second-order valence-electron chi connectivity index (χ2n) is 5.22. The standard InChI is InChI=1S/C17H17IN4O/c1-11-8-15(4-5-16(11)18)22-12(2)9-14(13(22)3)10-20-21-17(23)6-7-19/h4-5,8-10H,6H2,1-3H3,(H,21,23). The van der Waals surface area contributed by atoms with E-state index in [-0.39, 0.29) is 6.42 Å². The molecular formula is C17H17IN4O. The monoisotopic (exact) mass is 420 g/mol. The molecule has 118 valence electrons. The average Bonchev–Trinajstić information content (AvgIpc) is 2.77. The Bertz CT molecular complexity index is 815. The molecule has 0 radical (unpaired) electrons. The van der Waals surface area contributed by atoms with E-state index in [1.54, 1.807) is 12.3 Å². The number of halogens is 1. The number of hydrazone groups is 1. The number of carbonyl (C=O) groups excluding carboxylic acids is 1. The summed E-state index contributed by atoms with van der Waals surface area (Å²) in [4.78, 5) is 11.2. The normalized spacial score (nSPS) is 10.7. The number of rotatable bonds is 4. The number of nitrogens with one attached hydrogen (secondary N) is 1. The van der Waals surface area contributed by atoms with Crippen LogP contribution in [0.1, 0.15) is 28.9 Å². The Morgan fingerprint density at radius 2 is 2.13 bits per heavy atom. The van der Waals surface area contributed by atoms with Crippen LogP contribution in [0.25, 0.3) is 5.69 Å². The lowest BCUT2D eigenvalue weighted by molar-refractivity contribution is -0.120. The van der Waals surface area contributed by atoms with Crippen molar-refractivity contribution in [1.82, 2.24) is 9.99 Å². The van der Waals surface area contributed by atoms with Crippen LogP contribution in [0.5, 0.6) is 0 Å². The van der Waals surface area contributed by atoms with Gasteiger partial charge in [-0.2, -0.15) is 10.4 Å². The number of hydrogen-bond acceptors (Lipinski definition) is 3. The van der Waals surface area contributed by atoms with Gasteiger partial charge < -0.3 is 4.57 Å². The predicted octanol–water partition coefficient (Wildman–Crippen LogP) is 3.37. The number of amides is 1. The van der Waals surface area contributed by atoms with Crippen LogP contribution in [0.2, 0.25) is 0 Å². The van der Waals surface area contributed by atoms with Crippen molar-refractivity contribution in [2.45, 2.75) is 27.2 Å². The fourth-order valence-electron chi connectivity index (χ4n) is 2.37. The molecule has 1 amide bonds. The second-order valence-corrected chi connectivity index (χ2v) is 6.39. The van der Waals surface area contributed by atoms with Crippen molar-refractivity contribution < 1.29 is 4.79 Å². The molecule has 2 rings (SSSR count). The molecule has 1 aromatic carbocycles. The lowest BCUT2D eigenvalue weighted by Crippen LogP contribution is -2.16. The highest BCUT2D eigenvalue weighted by Gasteiger charge is 2.10. The lowest BCUT2D eigenvalue weighted by atomic mass is 10.2. The van der Waals surface area contributed by atoms with E-state index in [1.165, 1.54) is 9.13 Å². The zero-order valence-electron chi connectivity index (χ0n) is 13.2. The van der Waals surface area contributed by atoms with Gasteiger partial charge in [0.2, 0.25) is 0 Å². The Kier molecular flexibility index (Phi) is 5.55. The summed E-state index contributed by atoms with van der Waals surface area (Å²) in [5.74, 6) is -0.411. The Hall–Kier alpha value is -2.14. The number of nitrogens with zero attached hydrogens (tertiary/aromatic N) is 3. The van der Waals surface area contributed by atoms with Crippen LogP contribution in [-0.4, -0.2) is 16.7 Å². The summed E-state index contributed by atoms with van der Waals surface area (Å²) in [6, 6.07) is 10.1. The van der Waals surface area contributed by atoms with Crippen LogP contribution in [-0.2, 0) is 4.79 Å². The molecule has 23 heavy (non-hydrogen) atoms. The molecule has 5 nitrogen and oxygen atoms in total. The third kappa shape index (κ3) is 3.99. The van der Waals surface area contributed by atoms with Gasteiger partial charge in [-0.1, -0.05) is 0 Å². The molecule has 0 saturated heterocycles. The molecule has 1 aromatic heterocycles. The first kappa shape index (κ1) is 17.2. The maximum absolute atomic E-state index is 11.2. The van der Waals surface area contributed by atoms with Crippen molar-refractivity contribution in [2.24, 2.45) is 5.10 Å². The lowest BCUT2D eigenvalue weighted by Gasteiger charge is -2.11. The predicted molar refractivity (Wildman–Crippen MR) is 98.7 cm³/mol.